The summed E-state index contributed by atoms with van der Waals surface area (Å²) in [6, 6.07) is 0. The highest BCUT2D eigenvalue weighted by atomic mass is 16.5. The molecule has 1 spiro atoms. The molecule has 2 fully saturated rings. The van der Waals surface area contributed by atoms with Crippen LogP contribution in [0.1, 0.15) is 66.7 Å². The second-order valence-corrected chi connectivity index (χ2v) is 10.8. The van der Waals surface area contributed by atoms with E-state index in [0.29, 0.717) is 6.42 Å². The van der Waals surface area contributed by atoms with Crippen molar-refractivity contribution in [1.82, 2.24) is 0 Å². The fourth-order valence-corrected chi connectivity index (χ4v) is 7.03. The molecule has 0 aromatic heterocycles. The predicted octanol–water partition coefficient (Wildman–Crippen LogP) is 3.89. The minimum Gasteiger partial charge on any atom is -0.469 e. The zero-order valence-electron chi connectivity index (χ0n) is 18.4. The highest BCUT2D eigenvalue weighted by Gasteiger charge is 2.67. The number of allylic oxidation sites excluding steroid dienone is 1. The molecule has 1 N–H and O–H groups in total. The molecule has 0 aliphatic heterocycles. The van der Waals surface area contributed by atoms with Gasteiger partial charge in [-0.2, -0.15) is 0 Å². The van der Waals surface area contributed by atoms with E-state index in [1.54, 1.807) is 0 Å². The summed E-state index contributed by atoms with van der Waals surface area (Å²) in [5.41, 5.74) is -2.38. The molecule has 158 valence electrons. The third-order valence-electron chi connectivity index (χ3n) is 8.84. The third-order valence-corrected chi connectivity index (χ3v) is 8.84. The number of carbonyl (C=O) groups is 2. The first-order valence-corrected chi connectivity index (χ1v) is 10.4. The van der Waals surface area contributed by atoms with Gasteiger partial charge in [0.2, 0.25) is 0 Å². The van der Waals surface area contributed by atoms with Crippen molar-refractivity contribution in [3.8, 4) is 0 Å². The molecule has 0 amide bonds. The molecule has 0 radical (unpaired) electrons. The van der Waals surface area contributed by atoms with E-state index in [-0.39, 0.29) is 41.0 Å². The minimum absolute atomic E-state index is 0.0107. The van der Waals surface area contributed by atoms with Crippen LogP contribution in [0.25, 0.3) is 0 Å². The Morgan fingerprint density at radius 1 is 1.14 bits per heavy atom. The first-order chi connectivity index (χ1) is 12.8. The fourth-order valence-electron chi connectivity index (χ4n) is 7.03. The summed E-state index contributed by atoms with van der Waals surface area (Å²) in [6.45, 7) is 10.1. The second-order valence-electron chi connectivity index (χ2n) is 10.8. The molecule has 2 saturated carbocycles. The molecular weight excluding hydrogens is 356 g/mol. The topological polar surface area (TPSA) is 72.8 Å². The summed E-state index contributed by atoms with van der Waals surface area (Å²) in [4.78, 5) is 25.1. The van der Waals surface area contributed by atoms with E-state index in [2.05, 4.69) is 26.0 Å². The van der Waals surface area contributed by atoms with E-state index in [0.717, 1.165) is 19.3 Å². The number of ether oxygens (including phenoxy) is 2. The summed E-state index contributed by atoms with van der Waals surface area (Å²) in [7, 11) is 2.85. The van der Waals surface area contributed by atoms with Crippen LogP contribution in [0.2, 0.25) is 0 Å². The Balaban J connectivity index is 2.11. The van der Waals surface area contributed by atoms with Crippen LogP contribution in [0.15, 0.2) is 12.2 Å². The van der Waals surface area contributed by atoms with Crippen molar-refractivity contribution in [1.29, 1.82) is 0 Å². The molecule has 0 aromatic rings. The number of carbonyl (C=O) groups excluding carboxylic acids is 2. The first kappa shape index (κ1) is 21.4. The van der Waals surface area contributed by atoms with E-state index < -0.39 is 16.4 Å². The normalized spacial score (nSPS) is 44.7. The standard InChI is InChI=1S/C23H36O5/c1-19(2,18(25)28-7)15-8-9-23-11-10-20(3,22(5,26)14-23)12-16(23)21(15,4)13-17(24)27-6/h10-11,15-16,26H,8-9,12-14H2,1-7H3/t15-,16+,20-,21-,22?,23+/m1/s1. The molecule has 4 aliphatic rings. The molecule has 0 saturated heterocycles. The highest BCUT2D eigenvalue weighted by Crippen LogP contribution is 2.71. The molecule has 1 unspecified atom stereocenters. The molecular formula is C23H36O5. The Kier molecular flexibility index (Phi) is 4.82. The van der Waals surface area contributed by atoms with Crippen LogP contribution in [-0.2, 0) is 19.1 Å². The lowest BCUT2D eigenvalue weighted by Gasteiger charge is -2.68. The first-order valence-electron chi connectivity index (χ1n) is 10.4. The van der Waals surface area contributed by atoms with Gasteiger partial charge in [0.25, 0.3) is 0 Å². The van der Waals surface area contributed by atoms with Gasteiger partial charge in [-0.1, -0.05) is 26.0 Å². The van der Waals surface area contributed by atoms with Gasteiger partial charge in [0.15, 0.2) is 0 Å². The summed E-state index contributed by atoms with van der Waals surface area (Å²) in [6.07, 6.45) is 7.98. The Hall–Kier alpha value is -1.36. The average Bonchev–Trinajstić information content (AvgIpc) is 2.60. The van der Waals surface area contributed by atoms with Crippen LogP contribution < -0.4 is 0 Å². The van der Waals surface area contributed by atoms with Gasteiger partial charge in [-0.05, 0) is 69.1 Å². The molecule has 0 aromatic carbocycles. The maximum absolute atomic E-state index is 12.7. The van der Waals surface area contributed by atoms with Gasteiger partial charge in [-0.25, -0.2) is 0 Å². The van der Waals surface area contributed by atoms with Gasteiger partial charge in [0.1, 0.15) is 0 Å². The molecule has 2 bridgehead atoms. The number of hydrogen-bond acceptors (Lipinski definition) is 5. The van der Waals surface area contributed by atoms with Gasteiger partial charge in [-0.3, -0.25) is 9.59 Å². The highest BCUT2D eigenvalue weighted by molar-refractivity contribution is 5.77. The van der Waals surface area contributed by atoms with Crippen molar-refractivity contribution in [3.05, 3.63) is 12.2 Å². The smallest absolute Gasteiger partial charge is 0.311 e. The minimum atomic E-state index is -0.769. The van der Waals surface area contributed by atoms with Gasteiger partial charge >= 0.3 is 11.9 Å². The molecule has 4 aliphatic carbocycles. The van der Waals surface area contributed by atoms with Crippen molar-refractivity contribution in [2.45, 2.75) is 72.3 Å². The van der Waals surface area contributed by atoms with Crippen molar-refractivity contribution in [2.75, 3.05) is 14.2 Å². The third kappa shape index (κ3) is 2.76. The lowest BCUT2D eigenvalue weighted by Crippen LogP contribution is -2.65. The van der Waals surface area contributed by atoms with Gasteiger partial charge in [-0.15, -0.1) is 0 Å². The second kappa shape index (κ2) is 6.32. The Labute approximate surface area is 168 Å². The van der Waals surface area contributed by atoms with E-state index in [4.69, 9.17) is 9.47 Å². The van der Waals surface area contributed by atoms with Crippen molar-refractivity contribution >= 4 is 11.9 Å². The number of hydrogen-bond donors (Lipinski definition) is 1. The summed E-state index contributed by atoms with van der Waals surface area (Å²) >= 11 is 0. The zero-order chi connectivity index (χ0) is 21.2. The monoisotopic (exact) mass is 392 g/mol. The summed E-state index contributed by atoms with van der Waals surface area (Å²) in [5, 5.41) is 11.2. The Morgan fingerprint density at radius 2 is 1.79 bits per heavy atom. The van der Waals surface area contributed by atoms with Gasteiger partial charge in [0, 0.05) is 5.41 Å². The van der Waals surface area contributed by atoms with Crippen LogP contribution in [-0.4, -0.2) is 36.9 Å². The molecule has 6 atom stereocenters. The maximum Gasteiger partial charge on any atom is 0.311 e. The van der Waals surface area contributed by atoms with E-state index >= 15 is 0 Å². The number of rotatable bonds is 4. The van der Waals surface area contributed by atoms with Crippen LogP contribution >= 0.6 is 0 Å². The molecule has 0 heterocycles. The van der Waals surface area contributed by atoms with Crippen molar-refractivity contribution < 1.29 is 24.2 Å². The molecule has 4 rings (SSSR count). The van der Waals surface area contributed by atoms with E-state index in [1.165, 1.54) is 14.2 Å². The molecule has 28 heavy (non-hydrogen) atoms. The lowest BCUT2D eigenvalue weighted by molar-refractivity contribution is -0.208. The number of methoxy groups -OCH3 is 2. The van der Waals surface area contributed by atoms with Gasteiger partial charge in [0.05, 0.1) is 31.7 Å². The fraction of sp³-hybridized carbons (Fsp3) is 0.826. The van der Waals surface area contributed by atoms with Gasteiger partial charge < -0.3 is 14.6 Å². The SMILES string of the molecule is COC(=O)C[C@]1(C)[C@@H](C(C)(C)C(=O)OC)CC[C@@]23C=C[C@](C)(C[C@H]21)C(C)(O)C3. The zero-order valence-corrected chi connectivity index (χ0v) is 18.4. The summed E-state index contributed by atoms with van der Waals surface area (Å²) < 4.78 is 10.2. The Bertz CT molecular complexity index is 708. The maximum atomic E-state index is 12.7. The average molecular weight is 393 g/mol. The lowest BCUT2D eigenvalue weighted by atomic mass is 9.36. The number of fused-ring (bicyclic) bond motifs is 1. The molecule has 5 heteroatoms. The van der Waals surface area contributed by atoms with Crippen molar-refractivity contribution in [3.63, 3.8) is 0 Å². The Morgan fingerprint density at radius 3 is 2.32 bits per heavy atom. The predicted molar refractivity (Wildman–Crippen MR) is 106 cm³/mol. The van der Waals surface area contributed by atoms with Crippen LogP contribution in [0.3, 0.4) is 0 Å². The molecule has 5 nitrogen and oxygen atoms in total. The van der Waals surface area contributed by atoms with Crippen LogP contribution in [0.4, 0.5) is 0 Å². The van der Waals surface area contributed by atoms with E-state index in [9.17, 15) is 14.7 Å². The number of aliphatic hydroxyl groups is 1. The summed E-state index contributed by atoms with van der Waals surface area (Å²) in [5.74, 6) is -0.299. The van der Waals surface area contributed by atoms with E-state index in [1.807, 2.05) is 20.8 Å². The number of esters is 2. The largest absolute Gasteiger partial charge is 0.469 e. The quantitative estimate of drug-likeness (QED) is 0.580. The van der Waals surface area contributed by atoms with Crippen LogP contribution in [0.5, 0.6) is 0 Å². The van der Waals surface area contributed by atoms with Crippen molar-refractivity contribution in [2.24, 2.45) is 33.5 Å². The van der Waals surface area contributed by atoms with Crippen LogP contribution in [0, 0.1) is 33.5 Å².